The van der Waals surface area contributed by atoms with Crippen LogP contribution in [0.5, 0.6) is 0 Å². The molecule has 9 rings (SSSR count). The molecular formula is C35H20NOPSe2. The van der Waals surface area contributed by atoms with Gasteiger partial charge < -0.3 is 0 Å². The van der Waals surface area contributed by atoms with Crippen LogP contribution < -0.4 is 33.8 Å². The van der Waals surface area contributed by atoms with Crippen LogP contribution in [0.15, 0.2) is 121 Å². The van der Waals surface area contributed by atoms with Gasteiger partial charge in [0.05, 0.1) is 0 Å². The molecule has 2 aliphatic heterocycles. The zero-order valence-electron chi connectivity index (χ0n) is 21.2. The van der Waals surface area contributed by atoms with Gasteiger partial charge in [-0.25, -0.2) is 0 Å². The third-order valence-corrected chi connectivity index (χ3v) is 17.2. The van der Waals surface area contributed by atoms with Gasteiger partial charge in [-0.05, 0) is 0 Å². The maximum atomic E-state index is 15.9. The number of nitrogens with zero attached hydrogens (tertiary/aromatic N) is 1. The van der Waals surface area contributed by atoms with Gasteiger partial charge in [-0.1, -0.05) is 0 Å². The molecule has 40 heavy (non-hydrogen) atoms. The first-order chi connectivity index (χ1) is 19.6. The van der Waals surface area contributed by atoms with Gasteiger partial charge in [0.2, 0.25) is 0 Å². The van der Waals surface area contributed by atoms with Crippen molar-refractivity contribution in [1.82, 2.24) is 4.98 Å². The number of fused-ring (bicyclic) bond motifs is 7. The first-order valence-electron chi connectivity index (χ1n) is 13.2. The van der Waals surface area contributed by atoms with E-state index in [-0.39, 0.29) is 29.9 Å². The van der Waals surface area contributed by atoms with E-state index in [1.807, 2.05) is 6.07 Å². The summed E-state index contributed by atoms with van der Waals surface area (Å²) in [6.45, 7) is 0. The maximum absolute atomic E-state index is 15.9. The summed E-state index contributed by atoms with van der Waals surface area (Å²) in [5, 5.41) is 9.09. The van der Waals surface area contributed by atoms with Crippen molar-refractivity contribution >= 4 is 103 Å². The summed E-state index contributed by atoms with van der Waals surface area (Å²) in [7, 11) is -3.06. The van der Waals surface area contributed by atoms with Crippen LogP contribution in [0, 0.1) is 0 Å². The van der Waals surface area contributed by atoms with Gasteiger partial charge in [-0.3, -0.25) is 0 Å². The Bertz CT molecular complexity index is 2160. The molecule has 188 valence electrons. The van der Waals surface area contributed by atoms with Gasteiger partial charge in [0.15, 0.2) is 0 Å². The number of rotatable bonds is 1. The van der Waals surface area contributed by atoms with Crippen molar-refractivity contribution in [3.05, 3.63) is 121 Å². The van der Waals surface area contributed by atoms with Crippen molar-refractivity contribution in [1.29, 1.82) is 0 Å². The van der Waals surface area contributed by atoms with Gasteiger partial charge in [0, 0.05) is 0 Å². The minimum absolute atomic E-state index is 0.0502. The molecule has 0 unspecified atom stereocenters. The number of hydrogen-bond acceptors (Lipinski definition) is 2. The Kier molecular flexibility index (Phi) is 4.95. The number of para-hydroxylation sites is 1. The molecule has 0 fully saturated rings. The van der Waals surface area contributed by atoms with Crippen molar-refractivity contribution < 1.29 is 4.57 Å². The molecule has 0 bridgehead atoms. The first kappa shape index (κ1) is 23.2. The molecule has 0 aliphatic carbocycles. The zero-order valence-corrected chi connectivity index (χ0v) is 25.5. The third kappa shape index (κ3) is 3.29. The Morgan fingerprint density at radius 2 is 1.00 bits per heavy atom. The van der Waals surface area contributed by atoms with Gasteiger partial charge in [0.1, 0.15) is 0 Å². The van der Waals surface area contributed by atoms with Crippen molar-refractivity contribution in [3.8, 4) is 11.3 Å². The molecule has 0 atom stereocenters. The molecule has 5 heteroatoms. The van der Waals surface area contributed by atoms with Crippen LogP contribution in [0.2, 0.25) is 0 Å². The van der Waals surface area contributed by atoms with Crippen LogP contribution >= 0.6 is 7.14 Å². The molecule has 0 N–H and O–H groups in total. The van der Waals surface area contributed by atoms with Gasteiger partial charge in [-0.15, -0.1) is 0 Å². The minimum atomic E-state index is -3.06. The summed E-state index contributed by atoms with van der Waals surface area (Å²) in [5.74, 6) is 0. The normalized spacial score (nSPS) is 14.6. The van der Waals surface area contributed by atoms with Gasteiger partial charge >= 0.3 is 245 Å². The van der Waals surface area contributed by atoms with E-state index in [1.165, 1.54) is 28.6 Å². The van der Waals surface area contributed by atoms with Crippen molar-refractivity contribution in [2.45, 2.75) is 0 Å². The number of hydrogen-bond donors (Lipinski definition) is 0. The molecule has 6 aromatic carbocycles. The summed E-state index contributed by atoms with van der Waals surface area (Å²) in [4.78, 5) is 5.04. The molecule has 0 radical (unpaired) electrons. The summed E-state index contributed by atoms with van der Waals surface area (Å²) in [6, 6.07) is 43.2. The van der Waals surface area contributed by atoms with E-state index in [0.717, 1.165) is 48.8 Å². The molecule has 0 amide bonds. The molecule has 3 heterocycles. The quantitative estimate of drug-likeness (QED) is 0.199. The van der Waals surface area contributed by atoms with E-state index in [0.29, 0.717) is 0 Å². The van der Waals surface area contributed by atoms with E-state index < -0.39 is 7.14 Å². The zero-order chi connectivity index (χ0) is 26.4. The predicted molar refractivity (Wildman–Crippen MR) is 172 cm³/mol. The molecule has 0 spiro atoms. The van der Waals surface area contributed by atoms with Gasteiger partial charge in [-0.2, -0.15) is 0 Å². The Balaban J connectivity index is 1.35. The Labute approximate surface area is 244 Å². The number of aromatic nitrogens is 1. The topological polar surface area (TPSA) is 30.0 Å². The fraction of sp³-hybridized carbons (Fsp3) is 0. The molecule has 0 saturated heterocycles. The second-order valence-electron chi connectivity index (χ2n) is 10.4. The van der Waals surface area contributed by atoms with Crippen molar-refractivity contribution in [2.24, 2.45) is 0 Å². The van der Waals surface area contributed by atoms with E-state index >= 15 is 4.57 Å². The first-order valence-corrected chi connectivity index (χ1v) is 18.4. The Morgan fingerprint density at radius 1 is 0.500 bits per heavy atom. The molecule has 0 saturated carbocycles. The standard InChI is InChI=1S/C35H20NOPSe2/c37-38-29-15-22-8-1-3-10-24(22)17-31(29)39-33-19-26(28-14-13-21-7-5-6-12-27(21)36-28)20-34(35(33)38)40-32-18-25-11-4-2-9-23(25)16-30(32)38/h1-20H. The predicted octanol–water partition coefficient (Wildman–Crippen LogP) is 3.78. The fourth-order valence-corrected chi connectivity index (χ4v) is 17.6. The average molecular weight is 659 g/mol. The van der Waals surface area contributed by atoms with Gasteiger partial charge in [0.25, 0.3) is 0 Å². The molecule has 2 nitrogen and oxygen atoms in total. The van der Waals surface area contributed by atoms with Crippen molar-refractivity contribution in [3.63, 3.8) is 0 Å². The number of benzene rings is 6. The Morgan fingerprint density at radius 3 is 1.57 bits per heavy atom. The monoisotopic (exact) mass is 661 g/mol. The Hall–Kier alpha value is -3.48. The van der Waals surface area contributed by atoms with E-state index in [9.17, 15) is 0 Å². The summed E-state index contributed by atoms with van der Waals surface area (Å²) in [5.41, 5.74) is 3.11. The van der Waals surface area contributed by atoms with E-state index in [2.05, 4.69) is 115 Å². The fourth-order valence-electron chi connectivity index (χ4n) is 6.10. The van der Waals surface area contributed by atoms with Crippen LogP contribution in [0.25, 0.3) is 43.7 Å². The molecule has 2 aliphatic rings. The van der Waals surface area contributed by atoms with Crippen LogP contribution in [0.3, 0.4) is 0 Å². The van der Waals surface area contributed by atoms with Crippen LogP contribution in [0.4, 0.5) is 0 Å². The van der Waals surface area contributed by atoms with Crippen molar-refractivity contribution in [2.75, 3.05) is 0 Å². The second-order valence-corrected chi connectivity index (χ2v) is 17.5. The summed E-state index contributed by atoms with van der Waals surface area (Å²) >= 11 is 0.100. The summed E-state index contributed by atoms with van der Waals surface area (Å²) < 4.78 is 20.8. The third-order valence-electron chi connectivity index (χ3n) is 8.02. The average Bonchev–Trinajstić information content (AvgIpc) is 2.99. The molecule has 7 aromatic rings. The van der Waals surface area contributed by atoms with E-state index in [4.69, 9.17) is 4.98 Å². The van der Waals surface area contributed by atoms with Crippen LogP contribution in [-0.2, 0) is 4.57 Å². The number of pyridine rings is 1. The van der Waals surface area contributed by atoms with E-state index in [1.54, 1.807) is 0 Å². The summed E-state index contributed by atoms with van der Waals surface area (Å²) in [6.07, 6.45) is 0. The molecular weight excluding hydrogens is 639 g/mol. The van der Waals surface area contributed by atoms with Crippen LogP contribution in [-0.4, -0.2) is 34.9 Å². The van der Waals surface area contributed by atoms with Crippen LogP contribution in [0.1, 0.15) is 0 Å². The second kappa shape index (κ2) is 8.51. The molecule has 1 aromatic heterocycles. The SMILES string of the molecule is O=P12c3cc4ccccc4cc3[Se]c3cc(-c4ccc5ccccc5n4)cc(c31)[Se]c1cc3ccccc3cc12.